The third-order valence-electron chi connectivity index (χ3n) is 7.58. The predicted molar refractivity (Wildman–Crippen MR) is 120 cm³/mol. The van der Waals surface area contributed by atoms with Crippen LogP contribution in [0, 0.1) is 35.4 Å². The van der Waals surface area contributed by atoms with Gasteiger partial charge in [0.25, 0.3) is 0 Å². The lowest BCUT2D eigenvalue weighted by Crippen LogP contribution is -2.37. The van der Waals surface area contributed by atoms with Crippen molar-refractivity contribution in [3.05, 3.63) is 30.1 Å². The van der Waals surface area contributed by atoms with Crippen molar-refractivity contribution in [3.63, 3.8) is 0 Å². The Hall–Kier alpha value is -1.07. The van der Waals surface area contributed by atoms with Gasteiger partial charge in [0.1, 0.15) is 5.82 Å². The number of benzene rings is 1. The molecular formula is C25H36FNO2S. The summed E-state index contributed by atoms with van der Waals surface area (Å²) in [6, 6.07) is 6.83. The molecule has 5 heteroatoms. The van der Waals surface area contributed by atoms with Crippen LogP contribution in [0.25, 0.3) is 0 Å². The van der Waals surface area contributed by atoms with Crippen molar-refractivity contribution in [1.82, 2.24) is 4.90 Å². The van der Waals surface area contributed by atoms with E-state index < -0.39 is 5.97 Å². The van der Waals surface area contributed by atoms with Crippen molar-refractivity contribution >= 4 is 17.7 Å². The molecule has 1 heterocycles. The molecule has 30 heavy (non-hydrogen) atoms. The third kappa shape index (κ3) is 6.46. The lowest BCUT2D eigenvalue weighted by molar-refractivity contribution is -0.144. The highest BCUT2D eigenvalue weighted by Crippen LogP contribution is 2.43. The van der Waals surface area contributed by atoms with Crippen molar-refractivity contribution in [2.45, 2.75) is 62.7 Å². The molecule has 3 fully saturated rings. The average Bonchev–Trinajstić information content (AvgIpc) is 3.45. The number of carboxylic acid groups (broad SMARTS) is 1. The molecule has 3 nitrogen and oxygen atoms in total. The number of likely N-dealkylation sites (tertiary alicyclic amines) is 1. The first-order chi connectivity index (χ1) is 14.6. The zero-order valence-corrected chi connectivity index (χ0v) is 18.8. The van der Waals surface area contributed by atoms with E-state index in [2.05, 4.69) is 4.90 Å². The summed E-state index contributed by atoms with van der Waals surface area (Å²) in [4.78, 5) is 15.5. The second-order valence-electron chi connectivity index (χ2n) is 9.90. The number of carbonyl (C=O) groups is 1. The van der Waals surface area contributed by atoms with Crippen LogP contribution in [0.5, 0.6) is 0 Å². The molecular weight excluding hydrogens is 397 g/mol. The summed E-state index contributed by atoms with van der Waals surface area (Å²) in [6.45, 7) is 3.55. The van der Waals surface area contributed by atoms with Gasteiger partial charge in [-0.25, -0.2) is 4.39 Å². The van der Waals surface area contributed by atoms with E-state index in [0.717, 1.165) is 35.8 Å². The first kappa shape index (κ1) is 22.1. The molecule has 3 aliphatic rings. The standard InChI is InChI=1S/C25H36FNO2S/c26-22-5-7-23(8-6-22)30-14-11-18-9-12-27(13-10-18)17-20-3-4-21(15-20)24(25(28)29)16-19-1-2-19/h5-8,18-21,24H,1-4,9-17H2,(H,28,29). The van der Waals surface area contributed by atoms with Crippen LogP contribution in [0.4, 0.5) is 4.39 Å². The molecule has 1 aromatic carbocycles. The highest BCUT2D eigenvalue weighted by molar-refractivity contribution is 7.99. The van der Waals surface area contributed by atoms with Crippen LogP contribution < -0.4 is 0 Å². The molecule has 166 valence electrons. The molecule has 0 radical (unpaired) electrons. The van der Waals surface area contributed by atoms with Crippen molar-refractivity contribution in [3.8, 4) is 0 Å². The van der Waals surface area contributed by atoms with Crippen LogP contribution in [0.15, 0.2) is 29.2 Å². The number of piperidine rings is 1. The summed E-state index contributed by atoms with van der Waals surface area (Å²) in [7, 11) is 0. The molecule has 0 aromatic heterocycles. The minimum atomic E-state index is -0.549. The molecule has 1 N–H and O–H groups in total. The van der Waals surface area contributed by atoms with Gasteiger partial charge in [-0.15, -0.1) is 11.8 Å². The SMILES string of the molecule is O=C(O)C(CC1CC1)C1CCC(CN2CCC(CCSc3ccc(F)cc3)CC2)C1. The van der Waals surface area contributed by atoms with Gasteiger partial charge in [0.15, 0.2) is 0 Å². The smallest absolute Gasteiger partial charge is 0.306 e. The minimum Gasteiger partial charge on any atom is -0.481 e. The van der Waals surface area contributed by atoms with Gasteiger partial charge in [-0.05, 0) is 112 Å². The maximum atomic E-state index is 13.0. The number of halogens is 1. The molecule has 4 rings (SSSR count). The lowest BCUT2D eigenvalue weighted by atomic mass is 9.86. The van der Waals surface area contributed by atoms with Gasteiger partial charge in [-0.1, -0.05) is 12.8 Å². The summed E-state index contributed by atoms with van der Waals surface area (Å²) in [5, 5.41) is 9.67. The lowest BCUT2D eigenvalue weighted by Gasteiger charge is -2.33. The Labute approximate surface area is 184 Å². The van der Waals surface area contributed by atoms with E-state index in [1.165, 1.54) is 58.2 Å². The Bertz CT molecular complexity index is 685. The fourth-order valence-corrected chi connectivity index (χ4v) is 6.56. The molecule has 1 aromatic rings. The number of aliphatic carboxylic acids is 1. The number of thioether (sulfide) groups is 1. The third-order valence-corrected chi connectivity index (χ3v) is 8.63. The summed E-state index contributed by atoms with van der Waals surface area (Å²) < 4.78 is 13.0. The second-order valence-corrected chi connectivity index (χ2v) is 11.1. The Kier molecular flexibility index (Phi) is 7.74. The van der Waals surface area contributed by atoms with E-state index >= 15 is 0 Å². The number of carboxylic acids is 1. The topological polar surface area (TPSA) is 40.5 Å². The Morgan fingerprint density at radius 2 is 1.73 bits per heavy atom. The van der Waals surface area contributed by atoms with Crippen LogP contribution in [-0.2, 0) is 4.79 Å². The molecule has 2 aliphatic carbocycles. The molecule has 3 atom stereocenters. The number of rotatable bonds is 10. The molecule has 3 unspecified atom stereocenters. The Morgan fingerprint density at radius 3 is 2.40 bits per heavy atom. The first-order valence-corrected chi connectivity index (χ1v) is 12.9. The zero-order chi connectivity index (χ0) is 20.9. The molecule has 1 saturated heterocycles. The normalized spacial score (nSPS) is 26.7. The van der Waals surface area contributed by atoms with Crippen molar-refractivity contribution in [1.29, 1.82) is 0 Å². The first-order valence-electron chi connectivity index (χ1n) is 11.9. The molecule has 0 bridgehead atoms. The van der Waals surface area contributed by atoms with Crippen LogP contribution >= 0.6 is 11.8 Å². The van der Waals surface area contributed by atoms with Crippen LogP contribution in [0.2, 0.25) is 0 Å². The molecule has 0 amide bonds. The van der Waals surface area contributed by atoms with E-state index in [-0.39, 0.29) is 11.7 Å². The molecule has 0 spiro atoms. The van der Waals surface area contributed by atoms with Crippen LogP contribution in [0.3, 0.4) is 0 Å². The van der Waals surface area contributed by atoms with Gasteiger partial charge >= 0.3 is 5.97 Å². The van der Waals surface area contributed by atoms with Gasteiger partial charge in [0.05, 0.1) is 5.92 Å². The van der Waals surface area contributed by atoms with Gasteiger partial charge in [0.2, 0.25) is 0 Å². The summed E-state index contributed by atoms with van der Waals surface area (Å²) >= 11 is 1.84. The Balaban J connectivity index is 1.13. The summed E-state index contributed by atoms with van der Waals surface area (Å²) in [6.07, 6.45) is 10.7. The number of hydrogen-bond acceptors (Lipinski definition) is 3. The molecule has 1 aliphatic heterocycles. The van der Waals surface area contributed by atoms with Crippen LogP contribution in [0.1, 0.15) is 57.8 Å². The van der Waals surface area contributed by atoms with Gasteiger partial charge in [-0.3, -0.25) is 4.79 Å². The minimum absolute atomic E-state index is 0.0909. The molecule has 2 saturated carbocycles. The summed E-state index contributed by atoms with van der Waals surface area (Å²) in [5.74, 6) is 2.92. The maximum Gasteiger partial charge on any atom is 0.306 e. The van der Waals surface area contributed by atoms with Crippen molar-refractivity contribution in [2.24, 2.45) is 29.6 Å². The summed E-state index contributed by atoms with van der Waals surface area (Å²) in [5.41, 5.74) is 0. The largest absolute Gasteiger partial charge is 0.481 e. The highest BCUT2D eigenvalue weighted by atomic mass is 32.2. The van der Waals surface area contributed by atoms with E-state index in [9.17, 15) is 14.3 Å². The number of hydrogen-bond donors (Lipinski definition) is 1. The van der Waals surface area contributed by atoms with E-state index in [1.807, 2.05) is 23.9 Å². The van der Waals surface area contributed by atoms with E-state index in [4.69, 9.17) is 0 Å². The fourth-order valence-electron chi connectivity index (χ4n) is 5.55. The fraction of sp³-hybridized carbons (Fsp3) is 0.720. The van der Waals surface area contributed by atoms with Crippen molar-refractivity contribution < 1.29 is 14.3 Å². The van der Waals surface area contributed by atoms with E-state index in [0.29, 0.717) is 17.8 Å². The second kappa shape index (κ2) is 10.5. The highest BCUT2D eigenvalue weighted by Gasteiger charge is 2.38. The monoisotopic (exact) mass is 433 g/mol. The quantitative estimate of drug-likeness (QED) is 0.464. The maximum absolute atomic E-state index is 13.0. The zero-order valence-electron chi connectivity index (χ0n) is 18.0. The van der Waals surface area contributed by atoms with Gasteiger partial charge in [-0.2, -0.15) is 0 Å². The number of nitrogens with zero attached hydrogens (tertiary/aromatic N) is 1. The van der Waals surface area contributed by atoms with Crippen LogP contribution in [-0.4, -0.2) is 41.4 Å². The van der Waals surface area contributed by atoms with Gasteiger partial charge in [0, 0.05) is 11.4 Å². The Morgan fingerprint density at radius 1 is 1.03 bits per heavy atom. The predicted octanol–water partition coefficient (Wildman–Crippen LogP) is 5.94. The average molecular weight is 434 g/mol. The van der Waals surface area contributed by atoms with E-state index in [1.54, 1.807) is 12.1 Å². The van der Waals surface area contributed by atoms with Gasteiger partial charge < -0.3 is 10.0 Å². The van der Waals surface area contributed by atoms with Crippen molar-refractivity contribution in [2.75, 3.05) is 25.4 Å².